The third kappa shape index (κ3) is 5.25. The molecule has 19 heavy (non-hydrogen) atoms. The van der Waals surface area contributed by atoms with Gasteiger partial charge in [-0.05, 0) is 26.0 Å². The van der Waals surface area contributed by atoms with Gasteiger partial charge in [0.1, 0.15) is 5.70 Å². The van der Waals surface area contributed by atoms with Crippen molar-refractivity contribution in [1.82, 2.24) is 0 Å². The molecule has 1 rings (SSSR count). The van der Waals surface area contributed by atoms with Gasteiger partial charge in [0.05, 0.1) is 19.3 Å². The van der Waals surface area contributed by atoms with Crippen LogP contribution in [-0.4, -0.2) is 25.2 Å². The van der Waals surface area contributed by atoms with Gasteiger partial charge in [0.25, 0.3) is 0 Å². The standard InChI is InChI=1S/C14H17NO4/c1-3-18-13(16)10-12(14(17)19-4-2)15-11-8-6-5-7-9-11/h5-10,15H,3-4H2,1-2H3/b12-10+. The molecule has 102 valence electrons. The van der Waals surface area contributed by atoms with Crippen molar-refractivity contribution in [2.75, 3.05) is 18.5 Å². The molecule has 0 heterocycles. The lowest BCUT2D eigenvalue weighted by Gasteiger charge is -2.09. The van der Waals surface area contributed by atoms with Crippen molar-refractivity contribution in [3.63, 3.8) is 0 Å². The van der Waals surface area contributed by atoms with E-state index in [0.29, 0.717) is 5.69 Å². The van der Waals surface area contributed by atoms with E-state index in [2.05, 4.69) is 5.32 Å². The number of hydrogen-bond donors (Lipinski definition) is 1. The summed E-state index contributed by atoms with van der Waals surface area (Å²) in [6.45, 7) is 3.87. The monoisotopic (exact) mass is 263 g/mol. The first-order chi connectivity index (χ1) is 9.17. The summed E-state index contributed by atoms with van der Waals surface area (Å²) in [5.41, 5.74) is 0.734. The Labute approximate surface area is 112 Å². The molecule has 0 aliphatic heterocycles. The molecule has 0 unspecified atom stereocenters. The van der Waals surface area contributed by atoms with Crippen LogP contribution in [0.15, 0.2) is 42.1 Å². The molecule has 5 heteroatoms. The second kappa shape index (κ2) is 7.92. The van der Waals surface area contributed by atoms with Gasteiger partial charge in [-0.25, -0.2) is 9.59 Å². The largest absolute Gasteiger partial charge is 0.463 e. The van der Waals surface area contributed by atoms with Gasteiger partial charge in [-0.1, -0.05) is 18.2 Å². The number of esters is 2. The smallest absolute Gasteiger partial charge is 0.355 e. The lowest BCUT2D eigenvalue weighted by Crippen LogP contribution is -2.17. The number of nitrogens with one attached hydrogen (secondary N) is 1. The second-order valence-corrected chi connectivity index (χ2v) is 3.52. The highest BCUT2D eigenvalue weighted by Gasteiger charge is 2.13. The molecule has 0 fully saturated rings. The molecule has 0 aliphatic carbocycles. The fourth-order valence-corrected chi connectivity index (χ4v) is 1.33. The summed E-state index contributed by atoms with van der Waals surface area (Å²) in [6, 6.07) is 9.03. The maximum atomic E-state index is 11.7. The van der Waals surface area contributed by atoms with Gasteiger partial charge in [-0.2, -0.15) is 0 Å². The van der Waals surface area contributed by atoms with Gasteiger partial charge in [0, 0.05) is 5.69 Å². The van der Waals surface area contributed by atoms with Crippen molar-refractivity contribution >= 4 is 17.6 Å². The molecule has 0 aliphatic rings. The van der Waals surface area contributed by atoms with Crippen molar-refractivity contribution in [3.05, 3.63) is 42.1 Å². The fourth-order valence-electron chi connectivity index (χ4n) is 1.33. The molecule has 0 atom stereocenters. The molecule has 0 radical (unpaired) electrons. The molecular formula is C14H17NO4. The van der Waals surface area contributed by atoms with Gasteiger partial charge in [0.15, 0.2) is 0 Å². The highest BCUT2D eigenvalue weighted by atomic mass is 16.5. The molecular weight excluding hydrogens is 246 g/mol. The molecule has 0 saturated heterocycles. The normalized spacial score (nSPS) is 10.7. The third-order valence-electron chi connectivity index (χ3n) is 2.10. The number of carbonyl (C=O) groups excluding carboxylic acids is 2. The summed E-state index contributed by atoms with van der Waals surface area (Å²) in [7, 11) is 0. The van der Waals surface area contributed by atoms with Gasteiger partial charge in [0.2, 0.25) is 0 Å². The Kier molecular flexibility index (Phi) is 6.15. The minimum atomic E-state index is -0.598. The number of anilines is 1. The van der Waals surface area contributed by atoms with E-state index in [1.165, 1.54) is 0 Å². The van der Waals surface area contributed by atoms with Crippen molar-refractivity contribution < 1.29 is 19.1 Å². The van der Waals surface area contributed by atoms with Gasteiger partial charge in [-0.15, -0.1) is 0 Å². The van der Waals surface area contributed by atoms with Crippen molar-refractivity contribution in [3.8, 4) is 0 Å². The lowest BCUT2D eigenvalue weighted by atomic mass is 10.3. The summed E-state index contributed by atoms with van der Waals surface area (Å²) < 4.78 is 9.65. The van der Waals surface area contributed by atoms with E-state index < -0.39 is 11.9 Å². The summed E-state index contributed by atoms with van der Waals surface area (Å²) in [6.07, 6.45) is 1.09. The first-order valence-corrected chi connectivity index (χ1v) is 6.05. The lowest BCUT2D eigenvalue weighted by molar-refractivity contribution is -0.140. The Balaban J connectivity index is 2.86. The zero-order valence-corrected chi connectivity index (χ0v) is 11.0. The Bertz CT molecular complexity index is 454. The Hall–Kier alpha value is -2.30. The SMILES string of the molecule is CCOC(=O)/C=C(/Nc1ccccc1)C(=O)OCC. The van der Waals surface area contributed by atoms with Crippen molar-refractivity contribution in [2.24, 2.45) is 0 Å². The summed E-state index contributed by atoms with van der Waals surface area (Å²) in [4.78, 5) is 23.1. The van der Waals surface area contributed by atoms with E-state index in [4.69, 9.17) is 9.47 Å². The van der Waals surface area contributed by atoms with Gasteiger partial charge >= 0.3 is 11.9 Å². The fraction of sp³-hybridized carbons (Fsp3) is 0.286. The van der Waals surface area contributed by atoms with Gasteiger partial charge < -0.3 is 14.8 Å². The topological polar surface area (TPSA) is 64.6 Å². The summed E-state index contributed by atoms with van der Waals surface area (Å²) in [5.74, 6) is -1.19. The Morgan fingerprint density at radius 2 is 1.74 bits per heavy atom. The van der Waals surface area contributed by atoms with Crippen molar-refractivity contribution in [1.29, 1.82) is 0 Å². The predicted molar refractivity (Wildman–Crippen MR) is 71.4 cm³/mol. The number of rotatable bonds is 6. The van der Waals surface area contributed by atoms with E-state index in [1.54, 1.807) is 26.0 Å². The average molecular weight is 263 g/mol. The van der Waals surface area contributed by atoms with Crippen LogP contribution in [0.3, 0.4) is 0 Å². The molecule has 1 aromatic rings. The first kappa shape index (κ1) is 14.8. The van der Waals surface area contributed by atoms with E-state index in [1.807, 2.05) is 18.2 Å². The number of benzene rings is 1. The molecule has 0 saturated carbocycles. The van der Waals surface area contributed by atoms with Gasteiger partial charge in [-0.3, -0.25) is 0 Å². The quantitative estimate of drug-likeness (QED) is 0.629. The zero-order valence-electron chi connectivity index (χ0n) is 11.0. The van der Waals surface area contributed by atoms with Crippen LogP contribution < -0.4 is 5.32 Å². The van der Waals surface area contributed by atoms with Crippen LogP contribution in [0.1, 0.15) is 13.8 Å². The number of hydrogen-bond acceptors (Lipinski definition) is 5. The summed E-state index contributed by atoms with van der Waals surface area (Å²) >= 11 is 0. The molecule has 0 spiro atoms. The maximum Gasteiger partial charge on any atom is 0.355 e. The van der Waals surface area contributed by atoms with E-state index in [-0.39, 0.29) is 18.9 Å². The highest BCUT2D eigenvalue weighted by Crippen LogP contribution is 2.10. The van der Waals surface area contributed by atoms with Crippen molar-refractivity contribution in [2.45, 2.75) is 13.8 Å². The third-order valence-corrected chi connectivity index (χ3v) is 2.10. The van der Waals surface area contributed by atoms with Crippen LogP contribution in [0, 0.1) is 0 Å². The first-order valence-electron chi connectivity index (χ1n) is 6.05. The zero-order chi connectivity index (χ0) is 14.1. The number of para-hydroxylation sites is 1. The molecule has 0 amide bonds. The van der Waals surface area contributed by atoms with Crippen LogP contribution in [0.5, 0.6) is 0 Å². The predicted octanol–water partition coefficient (Wildman–Crippen LogP) is 2.11. The molecule has 1 aromatic carbocycles. The summed E-state index contributed by atoms with van der Waals surface area (Å²) in [5, 5.41) is 2.84. The average Bonchev–Trinajstić information content (AvgIpc) is 2.40. The Morgan fingerprint density at radius 1 is 1.11 bits per heavy atom. The minimum Gasteiger partial charge on any atom is -0.463 e. The Morgan fingerprint density at radius 3 is 2.32 bits per heavy atom. The van der Waals surface area contributed by atoms with E-state index >= 15 is 0 Å². The molecule has 0 bridgehead atoms. The van der Waals surface area contributed by atoms with E-state index in [0.717, 1.165) is 6.08 Å². The maximum absolute atomic E-state index is 11.7. The van der Waals surface area contributed by atoms with Crippen LogP contribution in [0.4, 0.5) is 5.69 Å². The number of carbonyl (C=O) groups is 2. The van der Waals surface area contributed by atoms with Crippen LogP contribution in [-0.2, 0) is 19.1 Å². The van der Waals surface area contributed by atoms with Crippen LogP contribution >= 0.6 is 0 Å². The number of ether oxygens (including phenoxy) is 2. The highest BCUT2D eigenvalue weighted by molar-refractivity contribution is 5.98. The molecule has 1 N–H and O–H groups in total. The van der Waals surface area contributed by atoms with Crippen LogP contribution in [0.2, 0.25) is 0 Å². The minimum absolute atomic E-state index is 0.0477. The molecule has 5 nitrogen and oxygen atoms in total. The van der Waals surface area contributed by atoms with E-state index in [9.17, 15) is 9.59 Å². The second-order valence-electron chi connectivity index (χ2n) is 3.52. The molecule has 0 aromatic heterocycles. The van der Waals surface area contributed by atoms with Crippen LogP contribution in [0.25, 0.3) is 0 Å².